The van der Waals surface area contributed by atoms with Crippen LogP contribution in [0, 0.1) is 17.3 Å². The zero-order chi connectivity index (χ0) is 15.1. The van der Waals surface area contributed by atoms with Gasteiger partial charge in [-0.2, -0.15) is 0 Å². The second-order valence-electron chi connectivity index (χ2n) is 7.51. The van der Waals surface area contributed by atoms with Crippen molar-refractivity contribution in [2.75, 3.05) is 26.3 Å². The van der Waals surface area contributed by atoms with Crippen LogP contribution in [-0.4, -0.2) is 48.9 Å². The first-order valence-corrected chi connectivity index (χ1v) is 7.46. The number of hydrogen-bond acceptors (Lipinski definition) is 4. The number of hydrogen-bond donors (Lipinski definition) is 1. The highest BCUT2D eigenvalue weighted by atomic mass is 16.6. The first-order valence-electron chi connectivity index (χ1n) is 7.46. The topological polar surface area (TPSA) is 64.8 Å². The fraction of sp³-hybridized carbons (Fsp3) is 0.933. The Morgan fingerprint density at radius 2 is 2.10 bits per heavy atom. The molecule has 1 aliphatic heterocycles. The molecule has 0 aromatic heterocycles. The van der Waals surface area contributed by atoms with Crippen molar-refractivity contribution >= 4 is 6.09 Å². The van der Waals surface area contributed by atoms with Crippen molar-refractivity contribution in [2.24, 2.45) is 23.0 Å². The summed E-state index contributed by atoms with van der Waals surface area (Å²) in [5, 5.41) is 0. The molecule has 20 heavy (non-hydrogen) atoms. The summed E-state index contributed by atoms with van der Waals surface area (Å²) in [6.45, 7) is 12.5. The molecule has 0 aromatic carbocycles. The summed E-state index contributed by atoms with van der Waals surface area (Å²) < 4.78 is 11.1. The maximum Gasteiger partial charge on any atom is 0.410 e. The van der Waals surface area contributed by atoms with Crippen molar-refractivity contribution in [3.05, 3.63) is 0 Å². The van der Waals surface area contributed by atoms with E-state index in [1.807, 2.05) is 25.7 Å². The Balaban J connectivity index is 2.09. The predicted octanol–water partition coefficient (Wildman–Crippen LogP) is 1.85. The molecule has 5 heteroatoms. The van der Waals surface area contributed by atoms with E-state index >= 15 is 0 Å². The second kappa shape index (κ2) is 5.19. The van der Waals surface area contributed by atoms with Crippen molar-refractivity contribution in [1.82, 2.24) is 4.90 Å². The first kappa shape index (κ1) is 15.6. The van der Waals surface area contributed by atoms with E-state index in [4.69, 9.17) is 15.2 Å². The van der Waals surface area contributed by atoms with Crippen LogP contribution in [0.25, 0.3) is 0 Å². The minimum atomic E-state index is -0.466. The standard InChI is InChI=1S/C15H28N2O3/c1-14(2,3)20-13(18)17-6-7-19-9-11(17)12-10(8-16)15(12,4)5/h10-12H,6-9,16H2,1-5H3/t10-,11?,12+/m1/s1. The zero-order valence-electron chi connectivity index (χ0n) is 13.3. The summed E-state index contributed by atoms with van der Waals surface area (Å²) in [6.07, 6.45) is -0.232. The molecule has 5 nitrogen and oxygen atoms in total. The predicted molar refractivity (Wildman–Crippen MR) is 77.4 cm³/mol. The molecular weight excluding hydrogens is 256 g/mol. The molecule has 0 bridgehead atoms. The molecule has 0 spiro atoms. The lowest BCUT2D eigenvalue weighted by molar-refractivity contribution is -0.0406. The van der Waals surface area contributed by atoms with Gasteiger partial charge in [-0.3, -0.25) is 0 Å². The van der Waals surface area contributed by atoms with Crippen LogP contribution >= 0.6 is 0 Å². The monoisotopic (exact) mass is 284 g/mol. The van der Waals surface area contributed by atoms with Gasteiger partial charge >= 0.3 is 6.09 Å². The van der Waals surface area contributed by atoms with E-state index in [-0.39, 0.29) is 17.6 Å². The molecule has 3 atom stereocenters. The van der Waals surface area contributed by atoms with E-state index in [1.165, 1.54) is 0 Å². The lowest BCUT2D eigenvalue weighted by Crippen LogP contribution is -2.52. The average molecular weight is 284 g/mol. The Hall–Kier alpha value is -0.810. The summed E-state index contributed by atoms with van der Waals surface area (Å²) in [7, 11) is 0. The third kappa shape index (κ3) is 2.93. The quantitative estimate of drug-likeness (QED) is 0.840. The third-order valence-electron chi connectivity index (χ3n) is 4.60. The second-order valence-corrected chi connectivity index (χ2v) is 7.51. The van der Waals surface area contributed by atoms with Gasteiger partial charge in [-0.15, -0.1) is 0 Å². The van der Waals surface area contributed by atoms with Crippen LogP contribution in [-0.2, 0) is 9.47 Å². The normalized spacial score (nSPS) is 32.9. The van der Waals surface area contributed by atoms with E-state index in [2.05, 4.69) is 13.8 Å². The number of carbonyl (C=O) groups is 1. The van der Waals surface area contributed by atoms with Crippen LogP contribution in [0.5, 0.6) is 0 Å². The van der Waals surface area contributed by atoms with Gasteiger partial charge in [0.2, 0.25) is 0 Å². The van der Waals surface area contributed by atoms with Gasteiger partial charge in [0.1, 0.15) is 5.60 Å². The SMILES string of the molecule is CC(C)(C)OC(=O)N1CCOCC1[C@@H]1[C@@H](CN)C1(C)C. The van der Waals surface area contributed by atoms with Crippen LogP contribution in [0.1, 0.15) is 34.6 Å². The summed E-state index contributed by atoms with van der Waals surface area (Å²) in [6, 6.07) is 0.0853. The minimum absolute atomic E-state index is 0.0853. The molecule has 116 valence electrons. The Bertz CT molecular complexity index is 376. The molecule has 1 unspecified atom stereocenters. The van der Waals surface area contributed by atoms with Gasteiger partial charge in [0.05, 0.1) is 19.3 Å². The summed E-state index contributed by atoms with van der Waals surface area (Å²) >= 11 is 0. The van der Waals surface area contributed by atoms with Gasteiger partial charge in [-0.1, -0.05) is 13.8 Å². The summed E-state index contributed by atoms with van der Waals surface area (Å²) in [5.41, 5.74) is 5.57. The fourth-order valence-electron chi connectivity index (χ4n) is 3.47. The van der Waals surface area contributed by atoms with Crippen LogP contribution < -0.4 is 5.73 Å². The molecule has 2 fully saturated rings. The minimum Gasteiger partial charge on any atom is -0.444 e. The largest absolute Gasteiger partial charge is 0.444 e. The Morgan fingerprint density at radius 3 is 2.60 bits per heavy atom. The molecule has 2 N–H and O–H groups in total. The van der Waals surface area contributed by atoms with Crippen molar-refractivity contribution in [3.8, 4) is 0 Å². The average Bonchev–Trinajstić information content (AvgIpc) is 2.88. The smallest absolute Gasteiger partial charge is 0.410 e. The molecule has 0 radical (unpaired) electrons. The van der Waals surface area contributed by atoms with Crippen LogP contribution in [0.4, 0.5) is 4.79 Å². The third-order valence-corrected chi connectivity index (χ3v) is 4.60. The first-order chi connectivity index (χ1) is 9.18. The van der Waals surface area contributed by atoms with E-state index in [0.717, 1.165) is 0 Å². The van der Waals surface area contributed by atoms with E-state index in [1.54, 1.807) is 0 Å². The highest BCUT2D eigenvalue weighted by molar-refractivity contribution is 5.69. The number of rotatable bonds is 2. The van der Waals surface area contributed by atoms with Crippen LogP contribution in [0.3, 0.4) is 0 Å². The van der Waals surface area contributed by atoms with Crippen molar-refractivity contribution in [2.45, 2.75) is 46.3 Å². The Labute approximate surface area is 121 Å². The van der Waals surface area contributed by atoms with Crippen molar-refractivity contribution in [1.29, 1.82) is 0 Å². The Morgan fingerprint density at radius 1 is 1.45 bits per heavy atom. The van der Waals surface area contributed by atoms with Crippen molar-refractivity contribution < 1.29 is 14.3 Å². The molecule has 1 saturated carbocycles. The lowest BCUT2D eigenvalue weighted by Gasteiger charge is -2.37. The maximum atomic E-state index is 12.4. The molecule has 1 amide bonds. The summed E-state index contributed by atoms with van der Waals surface area (Å²) in [5.74, 6) is 0.861. The zero-order valence-corrected chi connectivity index (χ0v) is 13.3. The van der Waals surface area contributed by atoms with Crippen LogP contribution in [0.15, 0.2) is 0 Å². The number of ether oxygens (including phenoxy) is 2. The Kier molecular flexibility index (Phi) is 4.04. The molecule has 0 aromatic rings. The van der Waals surface area contributed by atoms with E-state index in [9.17, 15) is 4.79 Å². The highest BCUT2D eigenvalue weighted by Crippen LogP contribution is 2.60. The number of nitrogens with zero attached hydrogens (tertiary/aromatic N) is 1. The molecule has 1 aliphatic carbocycles. The fourth-order valence-corrected chi connectivity index (χ4v) is 3.47. The van der Waals surface area contributed by atoms with Gasteiger partial charge in [-0.05, 0) is 44.6 Å². The molecule has 2 aliphatic rings. The van der Waals surface area contributed by atoms with Gasteiger partial charge < -0.3 is 20.1 Å². The van der Waals surface area contributed by atoms with Gasteiger partial charge in [0.15, 0.2) is 0 Å². The maximum absolute atomic E-state index is 12.4. The highest BCUT2D eigenvalue weighted by Gasteiger charge is 2.62. The molecule has 1 heterocycles. The van der Waals surface area contributed by atoms with E-state index < -0.39 is 5.60 Å². The van der Waals surface area contributed by atoms with Gasteiger partial charge in [0, 0.05) is 6.54 Å². The number of nitrogens with two attached hydrogens (primary N) is 1. The number of carbonyl (C=O) groups excluding carboxylic acids is 1. The van der Waals surface area contributed by atoms with Gasteiger partial charge in [0.25, 0.3) is 0 Å². The van der Waals surface area contributed by atoms with E-state index in [0.29, 0.717) is 38.1 Å². The number of morpholine rings is 1. The molecule has 1 saturated heterocycles. The van der Waals surface area contributed by atoms with Gasteiger partial charge in [-0.25, -0.2) is 4.79 Å². The van der Waals surface area contributed by atoms with Crippen LogP contribution in [0.2, 0.25) is 0 Å². The molecule has 2 rings (SSSR count). The summed E-state index contributed by atoms with van der Waals surface area (Å²) in [4.78, 5) is 14.2. The number of amides is 1. The lowest BCUT2D eigenvalue weighted by atomic mass is 10.0. The molecular formula is C15H28N2O3. The van der Waals surface area contributed by atoms with Crippen molar-refractivity contribution in [3.63, 3.8) is 0 Å².